The summed E-state index contributed by atoms with van der Waals surface area (Å²) in [6, 6.07) is 21.6. The average Bonchev–Trinajstić information content (AvgIpc) is 3.18. The fourth-order valence-corrected chi connectivity index (χ4v) is 5.15. The van der Waals surface area contributed by atoms with Gasteiger partial charge in [0.1, 0.15) is 0 Å². The number of halogens is 1. The zero-order chi connectivity index (χ0) is 22.0. The number of hydrogen-bond donors (Lipinski definition) is 1. The second-order valence-corrected chi connectivity index (χ2v) is 9.53. The molecule has 0 bridgehead atoms. The van der Waals surface area contributed by atoms with E-state index in [0.29, 0.717) is 10.7 Å². The summed E-state index contributed by atoms with van der Waals surface area (Å²) < 4.78 is 27.2. The molecule has 8 heteroatoms. The molecule has 158 valence electrons. The minimum atomic E-state index is -4.08. The molecule has 0 radical (unpaired) electrons. The van der Waals surface area contributed by atoms with Crippen molar-refractivity contribution in [3.8, 4) is 0 Å². The summed E-state index contributed by atoms with van der Waals surface area (Å²) in [5.74, 6) is -1.11. The highest BCUT2D eigenvalue weighted by molar-refractivity contribution is 7.89. The largest absolute Gasteiger partial charge is 0.322 e. The first kappa shape index (κ1) is 21.1. The maximum atomic E-state index is 13.2. The van der Waals surface area contributed by atoms with Gasteiger partial charge in [-0.1, -0.05) is 48.0 Å². The highest BCUT2D eigenvalue weighted by Gasteiger charge is 2.39. The fraction of sp³-hybridized carbons (Fsp3) is 0.130. The summed E-state index contributed by atoms with van der Waals surface area (Å²) in [6.45, 7) is 0.0758. The molecule has 4 rings (SSSR count). The molecule has 31 heavy (non-hydrogen) atoms. The topological polar surface area (TPSA) is 83.6 Å². The van der Waals surface area contributed by atoms with Crippen molar-refractivity contribution in [2.45, 2.75) is 17.2 Å². The summed E-state index contributed by atoms with van der Waals surface area (Å²) in [6.07, 6.45) is 0.125. The number of carbonyl (C=O) groups excluding carboxylic acids is 2. The van der Waals surface area contributed by atoms with Crippen LogP contribution in [-0.4, -0.2) is 31.1 Å². The lowest BCUT2D eigenvalue weighted by molar-refractivity contribution is -0.123. The molecule has 1 N–H and O–H groups in total. The number of benzene rings is 3. The zero-order valence-electron chi connectivity index (χ0n) is 16.4. The molecule has 3 aromatic carbocycles. The maximum Gasteiger partial charge on any atom is 0.266 e. The molecular formula is C23H19ClN2O4S. The van der Waals surface area contributed by atoms with Crippen LogP contribution in [0.1, 0.15) is 28.3 Å². The number of nitrogens with one attached hydrogen (secondary N) is 1. The smallest absolute Gasteiger partial charge is 0.266 e. The Morgan fingerprint density at radius 3 is 2.39 bits per heavy atom. The van der Waals surface area contributed by atoms with E-state index in [4.69, 9.17) is 11.6 Å². The van der Waals surface area contributed by atoms with E-state index in [-0.39, 0.29) is 29.3 Å². The van der Waals surface area contributed by atoms with Crippen molar-refractivity contribution >= 4 is 39.1 Å². The molecule has 6 nitrogen and oxygen atoms in total. The lowest BCUT2D eigenvalue weighted by Gasteiger charge is -2.18. The molecule has 0 unspecified atom stereocenters. The first-order chi connectivity index (χ1) is 14.8. The second kappa shape index (κ2) is 8.53. The predicted octanol–water partition coefficient (Wildman–Crippen LogP) is 4.30. The third-order valence-corrected chi connectivity index (χ3v) is 7.18. The molecular weight excluding hydrogens is 436 g/mol. The third-order valence-electron chi connectivity index (χ3n) is 5.14. The Balaban J connectivity index is 1.55. The van der Waals surface area contributed by atoms with Crippen LogP contribution in [0.5, 0.6) is 0 Å². The van der Waals surface area contributed by atoms with Crippen LogP contribution in [0.2, 0.25) is 5.02 Å². The van der Waals surface area contributed by atoms with Gasteiger partial charge in [0.25, 0.3) is 15.9 Å². The van der Waals surface area contributed by atoms with Gasteiger partial charge in [0, 0.05) is 35.2 Å². The van der Waals surface area contributed by atoms with Crippen molar-refractivity contribution in [2.75, 3.05) is 11.9 Å². The maximum absolute atomic E-state index is 13.2. The Kier molecular flexibility index (Phi) is 5.80. The third kappa shape index (κ3) is 4.47. The molecule has 0 spiro atoms. The van der Waals surface area contributed by atoms with Crippen LogP contribution in [0.25, 0.3) is 0 Å². The summed E-state index contributed by atoms with van der Waals surface area (Å²) in [5.41, 5.74) is 1.62. The minimum absolute atomic E-state index is 0.0758. The summed E-state index contributed by atoms with van der Waals surface area (Å²) in [5, 5.41) is 3.24. The van der Waals surface area contributed by atoms with Crippen molar-refractivity contribution in [3.63, 3.8) is 0 Å². The number of amides is 2. The number of anilines is 1. The van der Waals surface area contributed by atoms with Gasteiger partial charge in [-0.05, 0) is 48.0 Å². The summed E-state index contributed by atoms with van der Waals surface area (Å²) in [4.78, 5) is 25.0. The Morgan fingerprint density at radius 2 is 1.68 bits per heavy atom. The van der Waals surface area contributed by atoms with Crippen molar-refractivity contribution in [1.82, 2.24) is 4.31 Å². The summed E-state index contributed by atoms with van der Waals surface area (Å²) in [7, 11) is -4.08. The lowest BCUT2D eigenvalue weighted by atomic mass is 9.99. The summed E-state index contributed by atoms with van der Waals surface area (Å²) >= 11 is 5.85. The van der Waals surface area contributed by atoms with E-state index in [1.165, 1.54) is 24.3 Å². The van der Waals surface area contributed by atoms with Crippen LogP contribution in [0.3, 0.4) is 0 Å². The minimum Gasteiger partial charge on any atom is -0.322 e. The SMILES string of the molecule is O=C(Nc1ccc(Cl)cc1)c1cccc(S(=O)(=O)N2C[C@@H](c3ccccc3)CC2=O)c1. The first-order valence-corrected chi connectivity index (χ1v) is 11.4. The molecule has 1 heterocycles. The number of nitrogens with zero attached hydrogens (tertiary/aromatic N) is 1. The quantitative estimate of drug-likeness (QED) is 0.623. The van der Waals surface area contributed by atoms with Gasteiger partial charge in [0.05, 0.1) is 4.90 Å². The normalized spacial score (nSPS) is 16.4. The first-order valence-electron chi connectivity index (χ1n) is 9.62. The van der Waals surface area contributed by atoms with Gasteiger partial charge in [-0.25, -0.2) is 12.7 Å². The highest BCUT2D eigenvalue weighted by Crippen LogP contribution is 2.32. The van der Waals surface area contributed by atoms with Crippen molar-refractivity contribution in [2.24, 2.45) is 0 Å². The number of carbonyl (C=O) groups is 2. The molecule has 1 aliphatic rings. The van der Waals surface area contributed by atoms with Crippen LogP contribution >= 0.6 is 11.6 Å². The molecule has 2 amide bonds. The van der Waals surface area contributed by atoms with Gasteiger partial charge in [0.15, 0.2) is 0 Å². The van der Waals surface area contributed by atoms with E-state index in [0.717, 1.165) is 9.87 Å². The number of sulfonamides is 1. The van der Waals surface area contributed by atoms with E-state index >= 15 is 0 Å². The molecule has 1 aliphatic heterocycles. The van der Waals surface area contributed by atoms with Crippen molar-refractivity contribution in [3.05, 3.63) is 95.0 Å². The Bertz CT molecular complexity index is 1230. The second-order valence-electron chi connectivity index (χ2n) is 7.23. The molecule has 1 atom stereocenters. The fourth-order valence-electron chi connectivity index (χ4n) is 3.52. The van der Waals surface area contributed by atoms with E-state index in [9.17, 15) is 18.0 Å². The van der Waals surface area contributed by atoms with E-state index in [1.54, 1.807) is 24.3 Å². The van der Waals surface area contributed by atoms with E-state index in [2.05, 4.69) is 5.32 Å². The van der Waals surface area contributed by atoms with Gasteiger partial charge in [0.2, 0.25) is 5.91 Å². The van der Waals surface area contributed by atoms with Gasteiger partial charge >= 0.3 is 0 Å². The zero-order valence-corrected chi connectivity index (χ0v) is 17.9. The van der Waals surface area contributed by atoms with Crippen molar-refractivity contribution < 1.29 is 18.0 Å². The Morgan fingerprint density at radius 1 is 0.968 bits per heavy atom. The molecule has 3 aromatic rings. The van der Waals surface area contributed by atoms with Crippen LogP contribution in [0.15, 0.2) is 83.8 Å². The monoisotopic (exact) mass is 454 g/mol. The molecule has 1 saturated heterocycles. The van der Waals surface area contributed by atoms with Gasteiger partial charge in [-0.2, -0.15) is 0 Å². The highest BCUT2D eigenvalue weighted by atomic mass is 35.5. The average molecular weight is 455 g/mol. The number of hydrogen-bond acceptors (Lipinski definition) is 4. The standard InChI is InChI=1S/C23H19ClN2O4S/c24-19-9-11-20(12-10-19)25-23(28)17-7-4-8-21(13-17)31(29,30)26-15-18(14-22(26)27)16-5-2-1-3-6-16/h1-13,18H,14-15H2,(H,25,28)/t18-/m0/s1. The molecule has 0 aromatic heterocycles. The van der Waals surface area contributed by atoms with Gasteiger partial charge < -0.3 is 5.32 Å². The van der Waals surface area contributed by atoms with Crippen LogP contribution in [-0.2, 0) is 14.8 Å². The van der Waals surface area contributed by atoms with Crippen LogP contribution in [0, 0.1) is 0 Å². The van der Waals surface area contributed by atoms with Crippen LogP contribution < -0.4 is 5.32 Å². The number of rotatable bonds is 5. The van der Waals surface area contributed by atoms with Crippen LogP contribution in [0.4, 0.5) is 5.69 Å². The molecule has 1 fully saturated rings. The van der Waals surface area contributed by atoms with E-state index in [1.807, 2.05) is 30.3 Å². The Labute approximate surface area is 185 Å². The molecule has 0 saturated carbocycles. The Hall–Kier alpha value is -3.16. The molecule has 0 aliphatic carbocycles. The van der Waals surface area contributed by atoms with E-state index < -0.39 is 21.8 Å². The van der Waals surface area contributed by atoms with Crippen molar-refractivity contribution in [1.29, 1.82) is 0 Å². The lowest BCUT2D eigenvalue weighted by Crippen LogP contribution is -2.32. The van der Waals surface area contributed by atoms with Gasteiger partial charge in [-0.15, -0.1) is 0 Å². The predicted molar refractivity (Wildman–Crippen MR) is 119 cm³/mol. The van der Waals surface area contributed by atoms with Gasteiger partial charge in [-0.3, -0.25) is 9.59 Å².